The van der Waals surface area contributed by atoms with Gasteiger partial charge >= 0.3 is 0 Å². The summed E-state index contributed by atoms with van der Waals surface area (Å²) in [6.45, 7) is 1.92. The van der Waals surface area contributed by atoms with Gasteiger partial charge < -0.3 is 5.32 Å². The Kier molecular flexibility index (Phi) is 5.55. The van der Waals surface area contributed by atoms with Crippen molar-refractivity contribution < 1.29 is 9.72 Å². The monoisotopic (exact) mass is 260 g/mol. The van der Waals surface area contributed by atoms with Crippen LogP contribution in [0.3, 0.4) is 0 Å². The first-order valence-corrected chi connectivity index (χ1v) is 6.03. The number of hydrogen-bond acceptors (Lipinski definition) is 3. The summed E-state index contributed by atoms with van der Waals surface area (Å²) in [5.41, 5.74) is 0.364. The van der Waals surface area contributed by atoms with E-state index in [2.05, 4.69) is 11.2 Å². The second-order valence-corrected chi connectivity index (χ2v) is 4.14. The van der Waals surface area contributed by atoms with E-state index >= 15 is 0 Å². The van der Waals surface area contributed by atoms with Gasteiger partial charge in [-0.25, -0.2) is 0 Å². The zero-order valence-corrected chi connectivity index (χ0v) is 10.8. The van der Waals surface area contributed by atoms with Crippen LogP contribution >= 0.6 is 0 Å². The summed E-state index contributed by atoms with van der Waals surface area (Å²) in [6, 6.07) is 6.14. The van der Waals surface area contributed by atoms with E-state index in [0.717, 1.165) is 6.42 Å². The van der Waals surface area contributed by atoms with Gasteiger partial charge in [-0.2, -0.15) is 0 Å². The van der Waals surface area contributed by atoms with Gasteiger partial charge in [0.05, 0.1) is 11.3 Å². The van der Waals surface area contributed by atoms with Crippen molar-refractivity contribution in [1.82, 2.24) is 5.32 Å². The molecule has 0 saturated heterocycles. The lowest BCUT2D eigenvalue weighted by atomic mass is 10.1. The summed E-state index contributed by atoms with van der Waals surface area (Å²) >= 11 is 0. The van der Waals surface area contributed by atoms with E-state index in [-0.39, 0.29) is 24.1 Å². The first-order chi connectivity index (χ1) is 9.08. The average molecular weight is 260 g/mol. The molecule has 0 radical (unpaired) electrons. The number of carbonyl (C=O) groups is 1. The molecule has 0 saturated carbocycles. The normalized spacial score (nSPS) is 11.4. The second kappa shape index (κ2) is 7.17. The molecule has 1 aromatic rings. The largest absolute Gasteiger partial charge is 0.352 e. The number of benzene rings is 1. The quantitative estimate of drug-likeness (QED) is 0.483. The molecule has 1 unspecified atom stereocenters. The fraction of sp³-hybridized carbons (Fsp3) is 0.357. The lowest BCUT2D eigenvalue weighted by Gasteiger charge is -2.14. The Balaban J connectivity index is 2.72. The molecule has 5 nitrogen and oxygen atoms in total. The number of nitro groups is 1. The molecule has 0 heterocycles. The summed E-state index contributed by atoms with van der Waals surface area (Å²) in [5, 5.41) is 13.6. The summed E-state index contributed by atoms with van der Waals surface area (Å²) in [6.07, 6.45) is 6.38. The molecule has 1 rings (SSSR count). The minimum atomic E-state index is -0.485. The molecule has 19 heavy (non-hydrogen) atoms. The average Bonchev–Trinajstić information content (AvgIpc) is 2.38. The van der Waals surface area contributed by atoms with Crippen LogP contribution in [0.4, 0.5) is 5.69 Å². The highest BCUT2D eigenvalue weighted by molar-refractivity contribution is 5.80. The lowest BCUT2D eigenvalue weighted by molar-refractivity contribution is -0.385. The van der Waals surface area contributed by atoms with Gasteiger partial charge in [-0.1, -0.05) is 25.1 Å². The highest BCUT2D eigenvalue weighted by Crippen LogP contribution is 2.18. The third kappa shape index (κ3) is 4.43. The molecule has 0 aliphatic heterocycles. The minimum absolute atomic E-state index is 0.0157. The van der Waals surface area contributed by atoms with Crippen LogP contribution in [0.5, 0.6) is 0 Å². The van der Waals surface area contributed by atoms with Crippen molar-refractivity contribution in [3.8, 4) is 12.3 Å². The highest BCUT2D eigenvalue weighted by Gasteiger charge is 2.16. The van der Waals surface area contributed by atoms with Crippen molar-refractivity contribution in [2.75, 3.05) is 0 Å². The van der Waals surface area contributed by atoms with Crippen LogP contribution < -0.4 is 5.32 Å². The number of nitro benzene ring substituents is 1. The molecule has 0 aliphatic carbocycles. The van der Waals surface area contributed by atoms with Crippen LogP contribution in [0, 0.1) is 22.5 Å². The maximum absolute atomic E-state index is 11.8. The Bertz CT molecular complexity index is 506. The molecule has 5 heteroatoms. The van der Waals surface area contributed by atoms with E-state index in [1.807, 2.05) is 6.92 Å². The fourth-order valence-corrected chi connectivity index (χ4v) is 1.73. The van der Waals surface area contributed by atoms with Crippen molar-refractivity contribution in [1.29, 1.82) is 0 Å². The maximum Gasteiger partial charge on any atom is 0.273 e. The summed E-state index contributed by atoms with van der Waals surface area (Å²) < 4.78 is 0. The number of para-hydroxylation sites is 1. The Morgan fingerprint density at radius 2 is 2.21 bits per heavy atom. The van der Waals surface area contributed by atoms with Crippen molar-refractivity contribution in [3.63, 3.8) is 0 Å². The number of terminal acetylenes is 1. The van der Waals surface area contributed by atoms with Crippen LogP contribution in [0.2, 0.25) is 0 Å². The van der Waals surface area contributed by atoms with E-state index < -0.39 is 4.92 Å². The molecule has 1 aromatic carbocycles. The molecule has 0 spiro atoms. The second-order valence-electron chi connectivity index (χ2n) is 4.14. The topological polar surface area (TPSA) is 72.2 Å². The van der Waals surface area contributed by atoms with Gasteiger partial charge in [0.25, 0.3) is 5.69 Å². The Morgan fingerprint density at radius 3 is 2.79 bits per heavy atom. The van der Waals surface area contributed by atoms with Crippen LogP contribution in [-0.2, 0) is 11.2 Å². The van der Waals surface area contributed by atoms with Gasteiger partial charge in [0.2, 0.25) is 5.91 Å². The molecule has 1 amide bonds. The van der Waals surface area contributed by atoms with Gasteiger partial charge in [-0.15, -0.1) is 12.3 Å². The molecule has 0 aliphatic rings. The first-order valence-electron chi connectivity index (χ1n) is 6.03. The standard InChI is InChI=1S/C14H16N2O3/c1-3-7-12(4-2)15-14(17)10-11-8-5-6-9-13(11)16(18)19/h1,5-6,8-9,12H,4,7,10H2,2H3,(H,15,17). The third-order valence-corrected chi connectivity index (χ3v) is 2.76. The minimum Gasteiger partial charge on any atom is -0.352 e. The van der Waals surface area contributed by atoms with Crippen molar-refractivity contribution in [2.45, 2.75) is 32.2 Å². The van der Waals surface area contributed by atoms with Gasteiger partial charge in [0.1, 0.15) is 0 Å². The fourth-order valence-electron chi connectivity index (χ4n) is 1.73. The number of hydrogen-bond donors (Lipinski definition) is 1. The zero-order valence-electron chi connectivity index (χ0n) is 10.8. The first kappa shape index (κ1) is 14.7. The number of nitrogens with zero attached hydrogens (tertiary/aromatic N) is 1. The maximum atomic E-state index is 11.8. The van der Waals surface area contributed by atoms with E-state index in [9.17, 15) is 14.9 Å². The van der Waals surface area contributed by atoms with Gasteiger partial charge in [-0.05, 0) is 6.42 Å². The molecule has 100 valence electrons. The Morgan fingerprint density at radius 1 is 1.53 bits per heavy atom. The lowest BCUT2D eigenvalue weighted by Crippen LogP contribution is -2.35. The highest BCUT2D eigenvalue weighted by atomic mass is 16.6. The number of amides is 1. The van der Waals surface area contributed by atoms with Crippen LogP contribution in [-0.4, -0.2) is 16.9 Å². The zero-order chi connectivity index (χ0) is 14.3. The molecular weight excluding hydrogens is 244 g/mol. The van der Waals surface area contributed by atoms with E-state index in [1.54, 1.807) is 18.2 Å². The summed E-state index contributed by atoms with van der Waals surface area (Å²) in [5.74, 6) is 2.24. The van der Waals surface area contributed by atoms with E-state index in [0.29, 0.717) is 12.0 Å². The molecular formula is C14H16N2O3. The molecule has 0 aromatic heterocycles. The summed E-state index contributed by atoms with van der Waals surface area (Å²) in [4.78, 5) is 22.2. The predicted octanol–water partition coefficient (Wildman–Crippen LogP) is 2.06. The molecule has 1 atom stereocenters. The number of rotatable bonds is 6. The van der Waals surface area contributed by atoms with Crippen molar-refractivity contribution in [3.05, 3.63) is 39.9 Å². The van der Waals surface area contributed by atoms with Gasteiger partial charge in [0, 0.05) is 24.1 Å². The third-order valence-electron chi connectivity index (χ3n) is 2.76. The molecule has 1 N–H and O–H groups in total. The Hall–Kier alpha value is -2.35. The SMILES string of the molecule is C#CCC(CC)NC(=O)Cc1ccccc1[N+](=O)[O-]. The molecule has 0 bridgehead atoms. The van der Waals surface area contributed by atoms with Crippen molar-refractivity contribution >= 4 is 11.6 Å². The summed E-state index contributed by atoms with van der Waals surface area (Å²) in [7, 11) is 0. The number of nitrogens with one attached hydrogen (secondary N) is 1. The van der Waals surface area contributed by atoms with Gasteiger partial charge in [-0.3, -0.25) is 14.9 Å². The van der Waals surface area contributed by atoms with Crippen LogP contribution in [0.1, 0.15) is 25.3 Å². The smallest absolute Gasteiger partial charge is 0.273 e. The van der Waals surface area contributed by atoms with Crippen LogP contribution in [0.15, 0.2) is 24.3 Å². The van der Waals surface area contributed by atoms with E-state index in [4.69, 9.17) is 6.42 Å². The number of carbonyl (C=O) groups excluding carboxylic acids is 1. The Labute approximate surface area is 112 Å². The van der Waals surface area contributed by atoms with Crippen molar-refractivity contribution in [2.24, 2.45) is 0 Å². The molecule has 0 fully saturated rings. The van der Waals surface area contributed by atoms with Gasteiger partial charge in [0.15, 0.2) is 0 Å². The van der Waals surface area contributed by atoms with Crippen LogP contribution in [0.25, 0.3) is 0 Å². The predicted molar refractivity (Wildman–Crippen MR) is 72.5 cm³/mol. The van der Waals surface area contributed by atoms with E-state index in [1.165, 1.54) is 6.07 Å².